The number of aromatic amines is 1. The number of aliphatic hydroxyl groups is 1. The normalized spacial score (nSPS) is 11.5. The molecule has 0 aliphatic rings. The van der Waals surface area contributed by atoms with E-state index in [1.54, 1.807) is 0 Å². The van der Waals surface area contributed by atoms with Crippen LogP contribution in [-0.2, 0) is 17.0 Å². The van der Waals surface area contributed by atoms with E-state index in [1.165, 1.54) is 46.3 Å². The zero-order valence-corrected chi connectivity index (χ0v) is 22.3. The molecular formula is C25H23ClF2N4O8. The van der Waals surface area contributed by atoms with Crippen molar-refractivity contribution in [3.63, 3.8) is 0 Å². The van der Waals surface area contributed by atoms with Crippen LogP contribution in [0.15, 0.2) is 29.1 Å². The summed E-state index contributed by atoms with van der Waals surface area (Å²) in [5.74, 6) is -4.08. The van der Waals surface area contributed by atoms with Crippen LogP contribution in [0.2, 0.25) is 5.02 Å². The summed E-state index contributed by atoms with van der Waals surface area (Å²) < 4.78 is 50.9. The Bertz CT molecular complexity index is 1670. The molecule has 0 unspecified atom stereocenters. The zero-order valence-electron chi connectivity index (χ0n) is 21.5. The number of aromatic nitrogens is 4. The van der Waals surface area contributed by atoms with E-state index in [-0.39, 0.29) is 56.4 Å². The Kier molecular flexibility index (Phi) is 7.84. The minimum Gasteiger partial charge on any atom is -0.496 e. The SMILES string of the molecule is COc1ccc(F)c(F)c1COc1cc(-n2c(=O)[nH]c3c(OC)nc(C(C)(C)O)nc32)c(Cl)cc1OCC(=O)O. The molecule has 40 heavy (non-hydrogen) atoms. The van der Waals surface area contributed by atoms with Crippen molar-refractivity contribution in [3.8, 4) is 28.8 Å². The van der Waals surface area contributed by atoms with Gasteiger partial charge in [0.25, 0.3) is 0 Å². The van der Waals surface area contributed by atoms with Crippen LogP contribution >= 0.6 is 11.6 Å². The van der Waals surface area contributed by atoms with Gasteiger partial charge in [0.15, 0.2) is 41.2 Å². The van der Waals surface area contributed by atoms with Gasteiger partial charge in [-0.2, -0.15) is 4.98 Å². The number of ether oxygens (including phenoxy) is 4. The number of hydrogen-bond acceptors (Lipinski definition) is 9. The summed E-state index contributed by atoms with van der Waals surface area (Å²) in [7, 11) is 2.58. The lowest BCUT2D eigenvalue weighted by Gasteiger charge is -2.18. The maximum absolute atomic E-state index is 14.5. The van der Waals surface area contributed by atoms with Gasteiger partial charge in [0.1, 0.15) is 23.5 Å². The van der Waals surface area contributed by atoms with Crippen molar-refractivity contribution < 1.29 is 42.7 Å². The van der Waals surface area contributed by atoms with E-state index in [0.29, 0.717) is 0 Å². The summed E-state index contributed by atoms with van der Waals surface area (Å²) in [4.78, 5) is 35.2. The number of nitrogens with one attached hydrogen (secondary N) is 1. The molecule has 212 valence electrons. The lowest BCUT2D eigenvalue weighted by atomic mass is 10.1. The van der Waals surface area contributed by atoms with Gasteiger partial charge in [-0.25, -0.2) is 27.9 Å². The van der Waals surface area contributed by atoms with E-state index in [9.17, 15) is 23.5 Å². The maximum Gasteiger partial charge on any atom is 0.341 e. The Hall–Kier alpha value is -4.43. The molecule has 0 radical (unpaired) electrons. The van der Waals surface area contributed by atoms with Crippen LogP contribution in [0.3, 0.4) is 0 Å². The molecule has 0 atom stereocenters. The Morgan fingerprint density at radius 3 is 2.42 bits per heavy atom. The van der Waals surface area contributed by atoms with Crippen molar-refractivity contribution >= 4 is 28.7 Å². The highest BCUT2D eigenvalue weighted by molar-refractivity contribution is 6.32. The second-order valence-corrected chi connectivity index (χ2v) is 9.25. The predicted octanol–water partition coefficient (Wildman–Crippen LogP) is 3.33. The third kappa shape index (κ3) is 5.49. The van der Waals surface area contributed by atoms with Crippen molar-refractivity contribution in [1.82, 2.24) is 19.5 Å². The molecule has 3 N–H and O–H groups in total. The van der Waals surface area contributed by atoms with Gasteiger partial charge in [-0.15, -0.1) is 0 Å². The maximum atomic E-state index is 14.5. The average Bonchev–Trinajstić information content (AvgIpc) is 3.23. The first kappa shape index (κ1) is 28.6. The number of fused-ring (bicyclic) bond motifs is 1. The number of aliphatic carboxylic acids is 1. The lowest BCUT2D eigenvalue weighted by Crippen LogP contribution is -2.21. The zero-order chi connectivity index (χ0) is 29.4. The Labute approximate surface area is 229 Å². The number of H-pyrrole nitrogens is 1. The highest BCUT2D eigenvalue weighted by atomic mass is 35.5. The fraction of sp³-hybridized carbons (Fsp3) is 0.280. The number of nitrogens with zero attached hydrogens (tertiary/aromatic N) is 3. The van der Waals surface area contributed by atoms with Gasteiger partial charge in [-0.05, 0) is 26.0 Å². The average molecular weight is 581 g/mol. The first-order chi connectivity index (χ1) is 18.8. The molecule has 2 heterocycles. The fourth-order valence-electron chi connectivity index (χ4n) is 3.72. The van der Waals surface area contributed by atoms with Gasteiger partial charge >= 0.3 is 11.7 Å². The largest absolute Gasteiger partial charge is 0.496 e. The molecule has 0 aliphatic heterocycles. The summed E-state index contributed by atoms with van der Waals surface area (Å²) >= 11 is 6.48. The van der Waals surface area contributed by atoms with E-state index in [4.69, 9.17) is 35.7 Å². The van der Waals surface area contributed by atoms with E-state index < -0.39 is 42.1 Å². The molecule has 2 aromatic heterocycles. The molecule has 15 heteroatoms. The second kappa shape index (κ2) is 11.0. The van der Waals surface area contributed by atoms with Gasteiger partial charge in [0.2, 0.25) is 5.88 Å². The number of methoxy groups -OCH3 is 2. The highest BCUT2D eigenvalue weighted by Crippen LogP contribution is 2.38. The number of hydrogen-bond donors (Lipinski definition) is 3. The van der Waals surface area contributed by atoms with Crippen LogP contribution in [0, 0.1) is 11.6 Å². The summed E-state index contributed by atoms with van der Waals surface area (Å²) in [5, 5.41) is 19.5. The van der Waals surface area contributed by atoms with E-state index in [2.05, 4.69) is 15.0 Å². The number of carbonyl (C=O) groups is 1. The summed E-state index contributed by atoms with van der Waals surface area (Å²) in [6.45, 7) is 1.53. The van der Waals surface area contributed by atoms with E-state index in [1.807, 2.05) is 0 Å². The van der Waals surface area contributed by atoms with Crippen molar-refractivity contribution in [3.05, 3.63) is 62.8 Å². The van der Waals surface area contributed by atoms with Crippen LogP contribution < -0.4 is 24.6 Å². The molecule has 12 nitrogen and oxygen atoms in total. The first-order valence-electron chi connectivity index (χ1n) is 11.5. The van der Waals surface area contributed by atoms with E-state index >= 15 is 0 Å². The predicted molar refractivity (Wildman–Crippen MR) is 137 cm³/mol. The number of carboxylic acids is 1. The quantitative estimate of drug-likeness (QED) is 0.254. The summed E-state index contributed by atoms with van der Waals surface area (Å²) in [6.07, 6.45) is 0. The van der Waals surface area contributed by atoms with Crippen LogP contribution in [0.5, 0.6) is 23.1 Å². The fourth-order valence-corrected chi connectivity index (χ4v) is 3.95. The molecule has 0 aliphatic carbocycles. The monoisotopic (exact) mass is 580 g/mol. The molecule has 4 aromatic rings. The number of rotatable bonds is 10. The Balaban J connectivity index is 1.89. The smallest absolute Gasteiger partial charge is 0.341 e. The van der Waals surface area contributed by atoms with Gasteiger partial charge in [0, 0.05) is 12.1 Å². The van der Waals surface area contributed by atoms with E-state index in [0.717, 1.165) is 10.6 Å². The van der Waals surface area contributed by atoms with Crippen molar-refractivity contribution in [2.45, 2.75) is 26.1 Å². The molecular weight excluding hydrogens is 558 g/mol. The molecule has 0 amide bonds. The third-order valence-corrected chi connectivity index (χ3v) is 5.90. The molecule has 4 rings (SSSR count). The second-order valence-electron chi connectivity index (χ2n) is 8.84. The third-order valence-electron chi connectivity index (χ3n) is 5.59. The van der Waals surface area contributed by atoms with Crippen molar-refractivity contribution in [2.75, 3.05) is 20.8 Å². The van der Waals surface area contributed by atoms with Crippen LogP contribution in [0.4, 0.5) is 8.78 Å². The molecule has 0 saturated carbocycles. The molecule has 0 saturated heterocycles. The first-order valence-corrected chi connectivity index (χ1v) is 11.8. The van der Waals surface area contributed by atoms with Crippen molar-refractivity contribution in [1.29, 1.82) is 0 Å². The minimum atomic E-state index is -1.51. The van der Waals surface area contributed by atoms with Crippen LogP contribution in [-0.4, -0.2) is 56.5 Å². The van der Waals surface area contributed by atoms with Gasteiger partial charge in [-0.1, -0.05) is 11.6 Å². The Morgan fingerprint density at radius 1 is 1.10 bits per heavy atom. The lowest BCUT2D eigenvalue weighted by molar-refractivity contribution is -0.139. The van der Waals surface area contributed by atoms with Gasteiger partial charge < -0.3 is 29.2 Å². The molecule has 0 spiro atoms. The van der Waals surface area contributed by atoms with Crippen LogP contribution in [0.25, 0.3) is 16.9 Å². The van der Waals surface area contributed by atoms with Gasteiger partial charge in [-0.3, -0.25) is 4.98 Å². The summed E-state index contributed by atoms with van der Waals surface area (Å²) in [5.41, 5.74) is -2.43. The standard InChI is InChI=1S/C25H23ClF2N4O8/c1-25(2,36)23-30-21-20(22(31-23)38-4)29-24(35)32(21)14-8-17(16(7-12(14)26)40-10-18(33)34)39-9-11-15(37-3)6-5-13(27)19(11)28/h5-8,36H,9-10H2,1-4H3,(H,29,35)(H,33,34). The Morgan fingerprint density at radius 2 is 1.80 bits per heavy atom. The molecule has 0 fully saturated rings. The van der Waals surface area contributed by atoms with Crippen molar-refractivity contribution in [2.24, 2.45) is 0 Å². The molecule has 2 aromatic carbocycles. The summed E-state index contributed by atoms with van der Waals surface area (Å²) in [6, 6.07) is 4.52. The topological polar surface area (TPSA) is 158 Å². The van der Waals surface area contributed by atoms with Crippen LogP contribution in [0.1, 0.15) is 25.2 Å². The molecule has 0 bridgehead atoms. The minimum absolute atomic E-state index is 0.00289. The highest BCUT2D eigenvalue weighted by Gasteiger charge is 2.27. The number of halogens is 3. The van der Waals surface area contributed by atoms with Gasteiger partial charge in [0.05, 0.1) is 30.5 Å². The number of imidazole rings is 1. The number of benzene rings is 2. The number of carboxylic acid groups (broad SMARTS) is 1.